The number of rotatable bonds is 2. The predicted octanol–water partition coefficient (Wildman–Crippen LogP) is 4.17. The number of imide groups is 1. The SMILES string of the molecule is O=C1S/C(=C\c2ccco2)C(=O)N1c1ccc(Cl)cc1. The van der Waals surface area contributed by atoms with Crippen LogP contribution in [-0.4, -0.2) is 11.1 Å². The van der Waals surface area contributed by atoms with E-state index >= 15 is 0 Å². The molecule has 1 saturated heterocycles. The molecule has 0 saturated carbocycles. The molecule has 1 aliphatic heterocycles. The van der Waals surface area contributed by atoms with E-state index in [1.165, 1.54) is 6.26 Å². The average Bonchev–Trinajstić information content (AvgIpc) is 3.02. The molecule has 4 nitrogen and oxygen atoms in total. The van der Waals surface area contributed by atoms with Crippen LogP contribution in [0.25, 0.3) is 6.08 Å². The second-order valence-corrected chi connectivity index (χ2v) is 5.44. The standard InChI is InChI=1S/C14H8ClNO3S/c15-9-3-5-10(6-4-9)16-13(17)12(20-14(16)18)8-11-2-1-7-19-11/h1-8H/b12-8-. The zero-order valence-corrected chi connectivity index (χ0v) is 11.6. The Kier molecular flexibility index (Phi) is 3.38. The van der Waals surface area contributed by atoms with Gasteiger partial charge in [-0.05, 0) is 48.2 Å². The second-order valence-electron chi connectivity index (χ2n) is 4.01. The molecule has 6 heteroatoms. The molecule has 1 fully saturated rings. The Morgan fingerprint density at radius 3 is 2.55 bits per heavy atom. The number of benzene rings is 1. The number of amides is 2. The Balaban J connectivity index is 1.93. The maximum Gasteiger partial charge on any atom is 0.298 e. The maximum absolute atomic E-state index is 12.3. The van der Waals surface area contributed by atoms with E-state index in [1.54, 1.807) is 42.5 Å². The Morgan fingerprint density at radius 2 is 1.90 bits per heavy atom. The summed E-state index contributed by atoms with van der Waals surface area (Å²) in [6.45, 7) is 0. The summed E-state index contributed by atoms with van der Waals surface area (Å²) in [7, 11) is 0. The van der Waals surface area contributed by atoms with Crippen LogP contribution in [0.1, 0.15) is 5.76 Å². The summed E-state index contributed by atoms with van der Waals surface area (Å²) < 4.78 is 5.15. The highest BCUT2D eigenvalue weighted by Crippen LogP contribution is 2.35. The van der Waals surface area contributed by atoms with Crippen molar-refractivity contribution in [3.05, 3.63) is 58.3 Å². The summed E-state index contributed by atoms with van der Waals surface area (Å²) in [4.78, 5) is 25.7. The molecule has 1 aromatic carbocycles. The van der Waals surface area contributed by atoms with Crippen molar-refractivity contribution in [2.75, 3.05) is 4.90 Å². The van der Waals surface area contributed by atoms with Crippen molar-refractivity contribution in [3.63, 3.8) is 0 Å². The van der Waals surface area contributed by atoms with Crippen molar-refractivity contribution in [1.29, 1.82) is 0 Å². The number of anilines is 1. The number of hydrogen-bond acceptors (Lipinski definition) is 4. The van der Waals surface area contributed by atoms with Gasteiger partial charge in [0.1, 0.15) is 5.76 Å². The zero-order chi connectivity index (χ0) is 14.1. The lowest BCUT2D eigenvalue weighted by molar-refractivity contribution is -0.113. The van der Waals surface area contributed by atoms with Gasteiger partial charge in [-0.1, -0.05) is 11.6 Å². The highest BCUT2D eigenvalue weighted by atomic mass is 35.5. The van der Waals surface area contributed by atoms with Gasteiger partial charge in [-0.2, -0.15) is 0 Å². The van der Waals surface area contributed by atoms with Gasteiger partial charge in [0.2, 0.25) is 0 Å². The van der Waals surface area contributed by atoms with E-state index in [0.29, 0.717) is 21.4 Å². The normalized spacial score (nSPS) is 17.2. The first-order valence-corrected chi connectivity index (χ1v) is 6.91. The third-order valence-corrected chi connectivity index (χ3v) is 3.82. The lowest BCUT2D eigenvalue weighted by atomic mass is 10.3. The first-order valence-electron chi connectivity index (χ1n) is 5.72. The van der Waals surface area contributed by atoms with Gasteiger partial charge >= 0.3 is 0 Å². The summed E-state index contributed by atoms with van der Waals surface area (Å²) in [6, 6.07) is 9.97. The molecule has 0 N–H and O–H groups in total. The van der Waals surface area contributed by atoms with Crippen LogP contribution in [0.15, 0.2) is 52.0 Å². The summed E-state index contributed by atoms with van der Waals surface area (Å²) >= 11 is 6.68. The van der Waals surface area contributed by atoms with Gasteiger partial charge in [0.05, 0.1) is 16.9 Å². The van der Waals surface area contributed by atoms with Crippen LogP contribution in [0.3, 0.4) is 0 Å². The van der Waals surface area contributed by atoms with Crippen molar-refractivity contribution in [1.82, 2.24) is 0 Å². The van der Waals surface area contributed by atoms with Crippen molar-refractivity contribution in [2.24, 2.45) is 0 Å². The molecule has 1 aromatic heterocycles. The monoisotopic (exact) mass is 305 g/mol. The number of carbonyl (C=O) groups excluding carboxylic acids is 2. The molecule has 2 heterocycles. The molecule has 20 heavy (non-hydrogen) atoms. The van der Waals surface area contributed by atoms with Crippen molar-refractivity contribution in [3.8, 4) is 0 Å². The minimum Gasteiger partial charge on any atom is -0.465 e. The van der Waals surface area contributed by atoms with E-state index in [-0.39, 0.29) is 11.1 Å². The highest BCUT2D eigenvalue weighted by Gasteiger charge is 2.36. The Hall–Kier alpha value is -1.98. The molecule has 100 valence electrons. The van der Waals surface area contributed by atoms with Gasteiger partial charge in [0.15, 0.2) is 0 Å². The lowest BCUT2D eigenvalue weighted by Gasteiger charge is -2.11. The fourth-order valence-electron chi connectivity index (χ4n) is 1.78. The average molecular weight is 306 g/mol. The zero-order valence-electron chi connectivity index (χ0n) is 10.1. The van der Waals surface area contributed by atoms with Crippen molar-refractivity contribution < 1.29 is 14.0 Å². The second kappa shape index (κ2) is 5.19. The Morgan fingerprint density at radius 1 is 1.15 bits per heavy atom. The van der Waals surface area contributed by atoms with E-state index in [4.69, 9.17) is 16.0 Å². The van der Waals surface area contributed by atoms with Crippen LogP contribution in [0, 0.1) is 0 Å². The van der Waals surface area contributed by atoms with Gasteiger partial charge in [-0.3, -0.25) is 9.59 Å². The molecule has 2 amide bonds. The van der Waals surface area contributed by atoms with Crippen LogP contribution >= 0.6 is 23.4 Å². The molecule has 0 aliphatic carbocycles. The predicted molar refractivity (Wildman–Crippen MR) is 78.6 cm³/mol. The van der Waals surface area contributed by atoms with Crippen LogP contribution in [0.2, 0.25) is 5.02 Å². The third kappa shape index (κ3) is 2.37. The minimum absolute atomic E-state index is 0.333. The minimum atomic E-state index is -0.362. The van der Waals surface area contributed by atoms with Crippen LogP contribution in [0.5, 0.6) is 0 Å². The quantitative estimate of drug-likeness (QED) is 0.781. The smallest absolute Gasteiger partial charge is 0.298 e. The summed E-state index contributed by atoms with van der Waals surface area (Å²) in [5.41, 5.74) is 0.500. The highest BCUT2D eigenvalue weighted by molar-refractivity contribution is 8.19. The Labute approximate surface area is 124 Å². The molecule has 0 unspecified atom stereocenters. The van der Waals surface area contributed by atoms with Gasteiger partial charge < -0.3 is 4.42 Å². The number of furan rings is 1. The molecular weight excluding hydrogens is 298 g/mol. The first kappa shape index (κ1) is 13.0. The topological polar surface area (TPSA) is 50.5 Å². The maximum atomic E-state index is 12.3. The van der Waals surface area contributed by atoms with E-state index in [2.05, 4.69) is 0 Å². The van der Waals surface area contributed by atoms with Gasteiger partial charge in [0.25, 0.3) is 11.1 Å². The molecule has 2 aromatic rings. The van der Waals surface area contributed by atoms with E-state index in [1.807, 2.05) is 0 Å². The largest absolute Gasteiger partial charge is 0.465 e. The molecule has 3 rings (SSSR count). The number of hydrogen-bond donors (Lipinski definition) is 0. The van der Waals surface area contributed by atoms with Crippen LogP contribution < -0.4 is 4.90 Å². The van der Waals surface area contributed by atoms with E-state index in [9.17, 15) is 9.59 Å². The molecule has 1 aliphatic rings. The molecule has 0 spiro atoms. The fraction of sp³-hybridized carbons (Fsp3) is 0. The lowest BCUT2D eigenvalue weighted by Crippen LogP contribution is -2.27. The number of carbonyl (C=O) groups is 2. The van der Waals surface area contributed by atoms with Gasteiger partial charge in [0, 0.05) is 11.1 Å². The van der Waals surface area contributed by atoms with Crippen LogP contribution in [0.4, 0.5) is 10.5 Å². The van der Waals surface area contributed by atoms with Crippen LogP contribution in [-0.2, 0) is 4.79 Å². The van der Waals surface area contributed by atoms with Crippen molar-refractivity contribution >= 4 is 46.3 Å². The first-order chi connectivity index (χ1) is 9.65. The Bertz CT molecular complexity index is 692. The fourth-order valence-corrected chi connectivity index (χ4v) is 2.73. The summed E-state index contributed by atoms with van der Waals surface area (Å²) in [5.74, 6) is 0.172. The molecule has 0 bridgehead atoms. The number of thioether (sulfide) groups is 1. The molecular formula is C14H8ClNO3S. The van der Waals surface area contributed by atoms with Crippen molar-refractivity contribution in [2.45, 2.75) is 0 Å². The summed E-state index contributed by atoms with van der Waals surface area (Å²) in [5, 5.41) is 0.210. The van der Waals surface area contributed by atoms with E-state index in [0.717, 1.165) is 16.7 Å². The molecule has 0 atom stereocenters. The van der Waals surface area contributed by atoms with Gasteiger partial charge in [-0.25, -0.2) is 4.90 Å². The van der Waals surface area contributed by atoms with Gasteiger partial charge in [-0.15, -0.1) is 0 Å². The number of nitrogens with zero attached hydrogens (tertiary/aromatic N) is 1. The third-order valence-electron chi connectivity index (χ3n) is 2.70. The number of halogens is 1. The van der Waals surface area contributed by atoms with E-state index < -0.39 is 0 Å². The summed E-state index contributed by atoms with van der Waals surface area (Å²) in [6.07, 6.45) is 3.07. The molecule has 0 radical (unpaired) electrons.